The van der Waals surface area contributed by atoms with Gasteiger partial charge in [0, 0.05) is 25.0 Å². The highest BCUT2D eigenvalue weighted by molar-refractivity contribution is 7.09. The van der Waals surface area contributed by atoms with Crippen LogP contribution >= 0.6 is 11.3 Å². The van der Waals surface area contributed by atoms with Crippen LogP contribution in [0.5, 0.6) is 5.75 Å². The standard InChI is InChI=1S/C23H26FN3O2S/c1-3-12-25-23(28)21-16-30-22(26-21)15-27(13-17-4-8-19(24)9-5-17)14-18-6-10-20(29-2)11-7-18/h4-11,16H,3,12-15H2,1-2H3,(H,25,28). The molecule has 0 atom stereocenters. The summed E-state index contributed by atoms with van der Waals surface area (Å²) in [5.41, 5.74) is 2.60. The topological polar surface area (TPSA) is 54.5 Å². The molecule has 0 spiro atoms. The molecular weight excluding hydrogens is 401 g/mol. The van der Waals surface area contributed by atoms with E-state index in [4.69, 9.17) is 4.74 Å². The van der Waals surface area contributed by atoms with Crippen molar-refractivity contribution >= 4 is 17.2 Å². The number of carbonyl (C=O) groups excluding carboxylic acids is 1. The van der Waals surface area contributed by atoms with Gasteiger partial charge in [-0.15, -0.1) is 11.3 Å². The maximum Gasteiger partial charge on any atom is 0.270 e. The summed E-state index contributed by atoms with van der Waals surface area (Å²) >= 11 is 1.48. The number of aromatic nitrogens is 1. The minimum Gasteiger partial charge on any atom is -0.497 e. The first-order valence-electron chi connectivity index (χ1n) is 9.89. The Morgan fingerprint density at radius 2 is 1.70 bits per heavy atom. The van der Waals surface area contributed by atoms with E-state index in [2.05, 4.69) is 15.2 Å². The molecular formula is C23H26FN3O2S. The largest absolute Gasteiger partial charge is 0.497 e. The molecule has 158 valence electrons. The van der Waals surface area contributed by atoms with Crippen LogP contribution in [0.3, 0.4) is 0 Å². The SMILES string of the molecule is CCCNC(=O)c1csc(CN(Cc2ccc(F)cc2)Cc2ccc(OC)cc2)n1. The lowest BCUT2D eigenvalue weighted by Gasteiger charge is -2.21. The summed E-state index contributed by atoms with van der Waals surface area (Å²) < 4.78 is 18.5. The van der Waals surface area contributed by atoms with Crippen LogP contribution < -0.4 is 10.1 Å². The van der Waals surface area contributed by atoms with Crippen molar-refractivity contribution in [1.82, 2.24) is 15.2 Å². The van der Waals surface area contributed by atoms with Crippen LogP contribution in [0.4, 0.5) is 4.39 Å². The van der Waals surface area contributed by atoms with Gasteiger partial charge < -0.3 is 10.1 Å². The first-order valence-corrected chi connectivity index (χ1v) is 10.8. The number of hydrogen-bond donors (Lipinski definition) is 1. The molecule has 3 aromatic rings. The van der Waals surface area contributed by atoms with Crippen LogP contribution in [0.2, 0.25) is 0 Å². The molecule has 0 radical (unpaired) electrons. The van der Waals surface area contributed by atoms with Gasteiger partial charge in [-0.25, -0.2) is 9.37 Å². The molecule has 7 heteroatoms. The molecule has 1 amide bonds. The fourth-order valence-corrected chi connectivity index (χ4v) is 3.83. The van der Waals surface area contributed by atoms with Gasteiger partial charge in [-0.1, -0.05) is 31.2 Å². The van der Waals surface area contributed by atoms with Crippen molar-refractivity contribution in [1.29, 1.82) is 0 Å². The fraction of sp³-hybridized carbons (Fsp3) is 0.304. The van der Waals surface area contributed by atoms with Crippen LogP contribution in [0, 0.1) is 5.82 Å². The van der Waals surface area contributed by atoms with Crippen LogP contribution in [0.15, 0.2) is 53.9 Å². The number of carbonyl (C=O) groups is 1. The Balaban J connectivity index is 1.73. The minimum atomic E-state index is -0.247. The highest BCUT2D eigenvalue weighted by Crippen LogP contribution is 2.19. The molecule has 1 aromatic heterocycles. The summed E-state index contributed by atoms with van der Waals surface area (Å²) in [4.78, 5) is 18.9. The van der Waals surface area contributed by atoms with Crippen molar-refractivity contribution in [2.75, 3.05) is 13.7 Å². The predicted molar refractivity (Wildman–Crippen MR) is 117 cm³/mol. The number of nitrogens with one attached hydrogen (secondary N) is 1. The average molecular weight is 428 g/mol. The van der Waals surface area contributed by atoms with E-state index in [0.29, 0.717) is 31.9 Å². The lowest BCUT2D eigenvalue weighted by molar-refractivity contribution is 0.0949. The Morgan fingerprint density at radius 3 is 2.30 bits per heavy atom. The Bertz CT molecular complexity index is 942. The van der Waals surface area contributed by atoms with E-state index < -0.39 is 0 Å². The Morgan fingerprint density at radius 1 is 1.07 bits per heavy atom. The summed E-state index contributed by atoms with van der Waals surface area (Å²) in [6, 6.07) is 14.5. The van der Waals surface area contributed by atoms with Crippen molar-refractivity contribution in [3.05, 3.63) is 81.6 Å². The molecule has 30 heavy (non-hydrogen) atoms. The number of benzene rings is 2. The van der Waals surface area contributed by atoms with Gasteiger partial charge in [0.25, 0.3) is 5.91 Å². The van der Waals surface area contributed by atoms with Gasteiger partial charge in [0.1, 0.15) is 22.3 Å². The minimum absolute atomic E-state index is 0.139. The molecule has 0 saturated carbocycles. The second-order valence-electron chi connectivity index (χ2n) is 7.00. The molecule has 0 aliphatic heterocycles. The Hall–Kier alpha value is -2.77. The number of halogens is 1. The van der Waals surface area contributed by atoms with E-state index in [1.807, 2.05) is 31.2 Å². The number of hydrogen-bond acceptors (Lipinski definition) is 5. The molecule has 2 aromatic carbocycles. The summed E-state index contributed by atoms with van der Waals surface area (Å²) in [7, 11) is 1.65. The first kappa shape index (κ1) is 21.9. The highest BCUT2D eigenvalue weighted by atomic mass is 32.1. The summed E-state index contributed by atoms with van der Waals surface area (Å²) in [5.74, 6) is 0.425. The van der Waals surface area contributed by atoms with E-state index in [9.17, 15) is 9.18 Å². The number of amides is 1. The third kappa shape index (κ3) is 6.37. The average Bonchev–Trinajstić information content (AvgIpc) is 3.22. The van der Waals surface area contributed by atoms with Crippen molar-refractivity contribution in [3.63, 3.8) is 0 Å². The van der Waals surface area contributed by atoms with Crippen LogP contribution in [0.1, 0.15) is 40.0 Å². The lowest BCUT2D eigenvalue weighted by atomic mass is 10.1. The molecule has 0 aliphatic carbocycles. The number of methoxy groups -OCH3 is 1. The monoisotopic (exact) mass is 427 g/mol. The van der Waals surface area contributed by atoms with Crippen molar-refractivity contribution in [2.24, 2.45) is 0 Å². The number of rotatable bonds is 10. The maximum atomic E-state index is 13.3. The summed E-state index contributed by atoms with van der Waals surface area (Å²) in [6.45, 7) is 4.58. The lowest BCUT2D eigenvalue weighted by Crippen LogP contribution is -2.25. The van der Waals surface area contributed by atoms with Gasteiger partial charge in [0.2, 0.25) is 0 Å². The molecule has 0 aliphatic rings. The number of thiazole rings is 1. The van der Waals surface area contributed by atoms with Gasteiger partial charge in [-0.3, -0.25) is 9.69 Å². The maximum absolute atomic E-state index is 13.3. The van der Waals surface area contributed by atoms with Crippen molar-refractivity contribution in [3.8, 4) is 5.75 Å². The summed E-state index contributed by atoms with van der Waals surface area (Å²) in [6.07, 6.45) is 0.885. The Kier molecular flexibility index (Phi) is 7.93. The second-order valence-corrected chi connectivity index (χ2v) is 7.94. The van der Waals surface area contributed by atoms with Gasteiger partial charge >= 0.3 is 0 Å². The van der Waals surface area contributed by atoms with Crippen LogP contribution in [-0.4, -0.2) is 29.4 Å². The molecule has 1 heterocycles. The van der Waals surface area contributed by atoms with Crippen LogP contribution in [-0.2, 0) is 19.6 Å². The van der Waals surface area contributed by atoms with Crippen LogP contribution in [0.25, 0.3) is 0 Å². The number of ether oxygens (including phenoxy) is 1. The molecule has 0 fully saturated rings. The van der Waals surface area contributed by atoms with E-state index >= 15 is 0 Å². The van der Waals surface area contributed by atoms with Crippen molar-refractivity contribution < 1.29 is 13.9 Å². The third-order valence-electron chi connectivity index (χ3n) is 4.56. The Labute approximate surface area is 180 Å². The van der Waals surface area contributed by atoms with Gasteiger partial charge in [-0.2, -0.15) is 0 Å². The predicted octanol–water partition coefficient (Wildman–Crippen LogP) is 4.63. The molecule has 1 N–H and O–H groups in total. The highest BCUT2D eigenvalue weighted by Gasteiger charge is 2.14. The molecule has 0 unspecified atom stereocenters. The molecule has 5 nitrogen and oxygen atoms in total. The zero-order chi connectivity index (χ0) is 21.3. The van der Waals surface area contributed by atoms with E-state index in [1.165, 1.54) is 23.5 Å². The van der Waals surface area contributed by atoms with E-state index in [1.54, 1.807) is 24.6 Å². The first-order chi connectivity index (χ1) is 14.6. The van der Waals surface area contributed by atoms with E-state index in [0.717, 1.165) is 28.3 Å². The molecule has 0 bridgehead atoms. The zero-order valence-corrected chi connectivity index (χ0v) is 18.0. The molecule has 0 saturated heterocycles. The normalized spacial score (nSPS) is 10.9. The van der Waals surface area contributed by atoms with Gasteiger partial charge in [-0.05, 0) is 41.8 Å². The van der Waals surface area contributed by atoms with Gasteiger partial charge in [0.15, 0.2) is 0 Å². The quantitative estimate of drug-likeness (QED) is 0.512. The van der Waals surface area contributed by atoms with Gasteiger partial charge in [0.05, 0.1) is 13.7 Å². The third-order valence-corrected chi connectivity index (χ3v) is 5.40. The zero-order valence-electron chi connectivity index (χ0n) is 17.2. The molecule has 3 rings (SSSR count). The number of nitrogens with zero attached hydrogens (tertiary/aromatic N) is 2. The van der Waals surface area contributed by atoms with E-state index in [-0.39, 0.29) is 11.7 Å². The van der Waals surface area contributed by atoms with Crippen molar-refractivity contribution in [2.45, 2.75) is 33.0 Å². The fourth-order valence-electron chi connectivity index (χ4n) is 3.01. The summed E-state index contributed by atoms with van der Waals surface area (Å²) in [5, 5.41) is 5.52. The second kappa shape index (κ2) is 10.8. The smallest absolute Gasteiger partial charge is 0.270 e.